The summed E-state index contributed by atoms with van der Waals surface area (Å²) >= 11 is 0. The van der Waals surface area contributed by atoms with E-state index in [0.717, 1.165) is 6.42 Å². The van der Waals surface area contributed by atoms with Crippen LogP contribution in [0.3, 0.4) is 0 Å². The molecule has 1 heterocycles. The summed E-state index contributed by atoms with van der Waals surface area (Å²) in [4.78, 5) is 0. The molecule has 1 fully saturated rings. The second kappa shape index (κ2) is 3.64. The number of hydrogen-bond donors (Lipinski definition) is 0. The highest BCUT2D eigenvalue weighted by Gasteiger charge is 2.57. The molecule has 2 rings (SSSR count). The molecule has 0 atom stereocenters. The molecule has 0 aromatic heterocycles. The summed E-state index contributed by atoms with van der Waals surface area (Å²) in [6.07, 6.45) is 3.42. The third-order valence-corrected chi connectivity index (χ3v) is 5.75. The van der Waals surface area contributed by atoms with Crippen molar-refractivity contribution in [2.75, 3.05) is 0 Å². The van der Waals surface area contributed by atoms with Gasteiger partial charge in [-0.15, -0.1) is 0 Å². The SMILES string of the molecule is CC1(C)CC=C(B2OC(C)(C)C(C)(C)O2)C1(C)C. The average molecular weight is 250 g/mol. The maximum atomic E-state index is 6.19. The first-order valence-corrected chi connectivity index (χ1v) is 6.97. The third-order valence-electron chi connectivity index (χ3n) is 5.75. The van der Waals surface area contributed by atoms with Gasteiger partial charge in [0.1, 0.15) is 0 Å². The Hall–Kier alpha value is -0.275. The highest BCUT2D eigenvalue weighted by atomic mass is 16.7. The zero-order chi connectivity index (χ0) is 14.0. The van der Waals surface area contributed by atoms with Crippen LogP contribution >= 0.6 is 0 Å². The molecule has 1 saturated heterocycles. The molecule has 18 heavy (non-hydrogen) atoms. The summed E-state index contributed by atoms with van der Waals surface area (Å²) in [5.41, 5.74) is 1.20. The quantitative estimate of drug-likeness (QED) is 0.655. The molecule has 0 N–H and O–H groups in total. The van der Waals surface area contributed by atoms with Crippen LogP contribution in [0.2, 0.25) is 0 Å². The van der Waals surface area contributed by atoms with Gasteiger partial charge in [-0.25, -0.2) is 0 Å². The lowest BCUT2D eigenvalue weighted by Crippen LogP contribution is -2.41. The van der Waals surface area contributed by atoms with Crippen LogP contribution in [0.15, 0.2) is 11.5 Å². The van der Waals surface area contributed by atoms with Gasteiger partial charge in [0.25, 0.3) is 0 Å². The first-order chi connectivity index (χ1) is 7.91. The second-order valence-electron chi connectivity index (χ2n) is 7.96. The molecule has 3 heteroatoms. The molecule has 2 aliphatic rings. The van der Waals surface area contributed by atoms with Gasteiger partial charge in [0, 0.05) is 0 Å². The van der Waals surface area contributed by atoms with Crippen LogP contribution in [0.5, 0.6) is 0 Å². The van der Waals surface area contributed by atoms with Gasteiger partial charge >= 0.3 is 7.12 Å². The van der Waals surface area contributed by atoms with Crippen LogP contribution < -0.4 is 0 Å². The standard InChI is InChI=1S/C15H27BO2/c1-12(2)10-9-11(13(12,3)4)16-17-14(5,6)15(7,8)18-16/h9H,10H2,1-8H3. The van der Waals surface area contributed by atoms with Crippen molar-refractivity contribution in [1.82, 2.24) is 0 Å². The Bertz CT molecular complexity index is 375. The molecule has 1 aliphatic heterocycles. The normalized spacial score (nSPS) is 31.6. The van der Waals surface area contributed by atoms with Crippen molar-refractivity contribution in [3.8, 4) is 0 Å². The predicted molar refractivity (Wildman–Crippen MR) is 76.3 cm³/mol. The summed E-state index contributed by atoms with van der Waals surface area (Å²) in [7, 11) is -0.188. The predicted octanol–water partition coefficient (Wildman–Crippen LogP) is 4.00. The second-order valence-corrected chi connectivity index (χ2v) is 7.96. The van der Waals surface area contributed by atoms with Crippen molar-refractivity contribution in [3.63, 3.8) is 0 Å². The maximum Gasteiger partial charge on any atom is 0.490 e. The molecule has 0 aromatic rings. The van der Waals surface area contributed by atoms with E-state index in [2.05, 4.69) is 61.5 Å². The van der Waals surface area contributed by atoms with Gasteiger partial charge in [-0.2, -0.15) is 0 Å². The molecule has 0 bridgehead atoms. The number of rotatable bonds is 1. The minimum atomic E-state index is -0.249. The molecular weight excluding hydrogens is 223 g/mol. The number of hydrogen-bond acceptors (Lipinski definition) is 2. The Morgan fingerprint density at radius 3 is 1.67 bits per heavy atom. The van der Waals surface area contributed by atoms with Crippen molar-refractivity contribution in [2.24, 2.45) is 10.8 Å². The van der Waals surface area contributed by atoms with E-state index in [-0.39, 0.29) is 29.2 Å². The van der Waals surface area contributed by atoms with Crippen molar-refractivity contribution in [1.29, 1.82) is 0 Å². The third kappa shape index (κ3) is 1.78. The van der Waals surface area contributed by atoms with Crippen LogP contribution in [0.25, 0.3) is 0 Å². The summed E-state index contributed by atoms with van der Waals surface area (Å²) in [6, 6.07) is 0. The molecule has 0 saturated carbocycles. The van der Waals surface area contributed by atoms with Gasteiger partial charge < -0.3 is 9.31 Å². The van der Waals surface area contributed by atoms with E-state index in [1.54, 1.807) is 0 Å². The smallest absolute Gasteiger partial charge is 0.400 e. The van der Waals surface area contributed by atoms with Crippen LogP contribution in [0.1, 0.15) is 61.8 Å². The lowest BCUT2D eigenvalue weighted by Gasteiger charge is -2.38. The highest BCUT2D eigenvalue weighted by molar-refractivity contribution is 6.55. The molecule has 102 valence electrons. The molecule has 0 aromatic carbocycles. The first kappa shape index (κ1) is 14.1. The zero-order valence-electron chi connectivity index (χ0n) is 13.2. The van der Waals surface area contributed by atoms with E-state index < -0.39 is 0 Å². The molecule has 0 unspecified atom stereocenters. The first-order valence-electron chi connectivity index (χ1n) is 6.97. The molecular formula is C15H27BO2. The lowest BCUT2D eigenvalue weighted by atomic mass is 9.58. The monoisotopic (exact) mass is 250 g/mol. The van der Waals surface area contributed by atoms with Crippen molar-refractivity contribution < 1.29 is 9.31 Å². The van der Waals surface area contributed by atoms with E-state index in [4.69, 9.17) is 9.31 Å². The molecule has 0 radical (unpaired) electrons. The van der Waals surface area contributed by atoms with Gasteiger partial charge in [-0.3, -0.25) is 0 Å². The topological polar surface area (TPSA) is 18.5 Å². The van der Waals surface area contributed by atoms with E-state index in [0.29, 0.717) is 0 Å². The van der Waals surface area contributed by atoms with E-state index in [1.807, 2.05) is 0 Å². The molecule has 2 nitrogen and oxygen atoms in total. The van der Waals surface area contributed by atoms with Crippen LogP contribution in [-0.2, 0) is 9.31 Å². The fraction of sp³-hybridized carbons (Fsp3) is 0.867. The fourth-order valence-corrected chi connectivity index (χ4v) is 2.63. The molecule has 0 spiro atoms. The van der Waals surface area contributed by atoms with E-state index in [1.165, 1.54) is 5.47 Å². The van der Waals surface area contributed by atoms with Gasteiger partial charge in [0.2, 0.25) is 0 Å². The van der Waals surface area contributed by atoms with E-state index in [9.17, 15) is 0 Å². The maximum absolute atomic E-state index is 6.19. The minimum absolute atomic E-state index is 0.119. The Labute approximate surface area is 112 Å². The van der Waals surface area contributed by atoms with Gasteiger partial charge in [0.05, 0.1) is 11.2 Å². The van der Waals surface area contributed by atoms with Crippen LogP contribution in [-0.4, -0.2) is 18.3 Å². The summed E-state index contributed by atoms with van der Waals surface area (Å²) in [5, 5.41) is 0. The van der Waals surface area contributed by atoms with Gasteiger partial charge in [-0.1, -0.05) is 33.8 Å². The minimum Gasteiger partial charge on any atom is -0.400 e. The van der Waals surface area contributed by atoms with Crippen LogP contribution in [0.4, 0.5) is 0 Å². The Kier molecular flexibility index (Phi) is 2.86. The van der Waals surface area contributed by atoms with Gasteiger partial charge in [0.15, 0.2) is 0 Å². The van der Waals surface area contributed by atoms with Crippen LogP contribution in [0, 0.1) is 10.8 Å². The largest absolute Gasteiger partial charge is 0.490 e. The average Bonchev–Trinajstić information content (AvgIpc) is 2.46. The fourth-order valence-electron chi connectivity index (χ4n) is 2.63. The van der Waals surface area contributed by atoms with Crippen molar-refractivity contribution in [2.45, 2.75) is 73.0 Å². The van der Waals surface area contributed by atoms with Gasteiger partial charge in [-0.05, 0) is 50.4 Å². The van der Waals surface area contributed by atoms with E-state index >= 15 is 0 Å². The molecule has 0 amide bonds. The summed E-state index contributed by atoms with van der Waals surface area (Å²) in [6.45, 7) is 17.7. The Morgan fingerprint density at radius 2 is 1.33 bits per heavy atom. The molecule has 1 aliphatic carbocycles. The Morgan fingerprint density at radius 1 is 0.889 bits per heavy atom. The number of allylic oxidation sites excluding steroid dienone is 2. The highest BCUT2D eigenvalue weighted by Crippen LogP contribution is 2.55. The van der Waals surface area contributed by atoms with Crippen molar-refractivity contribution in [3.05, 3.63) is 11.5 Å². The summed E-state index contributed by atoms with van der Waals surface area (Å²) < 4.78 is 12.4. The summed E-state index contributed by atoms with van der Waals surface area (Å²) in [5.74, 6) is 0. The lowest BCUT2D eigenvalue weighted by molar-refractivity contribution is 0.00578. The Balaban J connectivity index is 2.27. The zero-order valence-corrected chi connectivity index (χ0v) is 13.2. The van der Waals surface area contributed by atoms with Crippen molar-refractivity contribution >= 4 is 7.12 Å².